The van der Waals surface area contributed by atoms with Crippen molar-refractivity contribution in [2.75, 3.05) is 4.90 Å². The third-order valence-corrected chi connectivity index (χ3v) is 5.07. The van der Waals surface area contributed by atoms with Crippen LogP contribution in [0.15, 0.2) is 59.5 Å². The van der Waals surface area contributed by atoms with Crippen LogP contribution in [0.3, 0.4) is 0 Å². The molecular formula is C20H18N4O2. The molecule has 6 nitrogen and oxygen atoms in total. The molecule has 0 amide bonds. The molecule has 26 heavy (non-hydrogen) atoms. The van der Waals surface area contributed by atoms with Gasteiger partial charge in [-0.2, -0.15) is 0 Å². The van der Waals surface area contributed by atoms with Gasteiger partial charge in [0.1, 0.15) is 5.76 Å². The molecule has 4 aromatic rings. The smallest absolute Gasteiger partial charge is 0.226 e. The van der Waals surface area contributed by atoms with Gasteiger partial charge in [-0.05, 0) is 23.8 Å². The van der Waals surface area contributed by atoms with Crippen LogP contribution in [0.1, 0.15) is 28.6 Å². The van der Waals surface area contributed by atoms with Crippen molar-refractivity contribution in [1.82, 2.24) is 15.0 Å². The summed E-state index contributed by atoms with van der Waals surface area (Å²) in [6, 6.07) is 11.9. The molecule has 0 aliphatic carbocycles. The van der Waals surface area contributed by atoms with E-state index in [-0.39, 0.29) is 12.6 Å². The van der Waals surface area contributed by atoms with Crippen LogP contribution in [0.2, 0.25) is 0 Å². The maximum atomic E-state index is 9.71. The number of aromatic amines is 1. The number of hydrogen-bond donors (Lipinski definition) is 2. The number of anilines is 1. The maximum Gasteiger partial charge on any atom is 0.226 e. The van der Waals surface area contributed by atoms with E-state index in [1.165, 1.54) is 16.6 Å². The number of fused-ring (bicyclic) bond motifs is 3. The number of aliphatic hydroxyl groups excluding tert-OH is 1. The first-order valence-electron chi connectivity index (χ1n) is 8.64. The van der Waals surface area contributed by atoms with Crippen molar-refractivity contribution < 1.29 is 9.52 Å². The first-order chi connectivity index (χ1) is 12.8. The molecule has 0 bridgehead atoms. The monoisotopic (exact) mass is 346 g/mol. The first kappa shape index (κ1) is 15.2. The molecule has 3 aromatic heterocycles. The van der Waals surface area contributed by atoms with Crippen LogP contribution >= 0.6 is 0 Å². The van der Waals surface area contributed by atoms with E-state index in [0.29, 0.717) is 12.5 Å². The molecular weight excluding hydrogens is 328 g/mol. The quantitative estimate of drug-likeness (QED) is 0.595. The fourth-order valence-corrected chi connectivity index (χ4v) is 3.86. The number of nitrogens with one attached hydrogen (secondary N) is 1. The van der Waals surface area contributed by atoms with Gasteiger partial charge in [0.05, 0.1) is 25.5 Å². The molecule has 4 heterocycles. The summed E-state index contributed by atoms with van der Waals surface area (Å²) in [7, 11) is 0. The van der Waals surface area contributed by atoms with Crippen molar-refractivity contribution in [3.63, 3.8) is 0 Å². The van der Waals surface area contributed by atoms with Gasteiger partial charge in [-0.3, -0.25) is 0 Å². The van der Waals surface area contributed by atoms with Gasteiger partial charge in [0.2, 0.25) is 5.95 Å². The number of aliphatic hydroxyl groups is 1. The Kier molecular flexibility index (Phi) is 3.50. The summed E-state index contributed by atoms with van der Waals surface area (Å²) >= 11 is 0. The maximum absolute atomic E-state index is 9.71. The van der Waals surface area contributed by atoms with Crippen molar-refractivity contribution in [2.24, 2.45) is 0 Å². The number of para-hydroxylation sites is 1. The zero-order valence-electron chi connectivity index (χ0n) is 14.1. The molecule has 5 rings (SSSR count). The van der Waals surface area contributed by atoms with E-state index in [4.69, 9.17) is 4.42 Å². The number of aromatic nitrogens is 3. The zero-order chi connectivity index (χ0) is 17.5. The summed E-state index contributed by atoms with van der Waals surface area (Å²) in [5, 5.41) is 10.9. The molecule has 1 atom stereocenters. The normalized spacial score (nSPS) is 16.8. The average molecular weight is 346 g/mol. The minimum absolute atomic E-state index is 0.0490. The van der Waals surface area contributed by atoms with Crippen molar-refractivity contribution >= 4 is 16.9 Å². The summed E-state index contributed by atoms with van der Waals surface area (Å²) in [5.74, 6) is 1.43. The van der Waals surface area contributed by atoms with Crippen molar-refractivity contribution in [3.05, 3.63) is 77.6 Å². The molecule has 1 aliphatic rings. The third-order valence-electron chi connectivity index (χ3n) is 5.07. The van der Waals surface area contributed by atoms with Gasteiger partial charge in [-0.15, -0.1) is 0 Å². The number of rotatable bonds is 3. The van der Waals surface area contributed by atoms with Gasteiger partial charge in [-0.1, -0.05) is 18.2 Å². The van der Waals surface area contributed by atoms with Crippen LogP contribution < -0.4 is 4.90 Å². The van der Waals surface area contributed by atoms with Crippen LogP contribution in [0.25, 0.3) is 10.9 Å². The number of nitrogens with zero attached hydrogens (tertiary/aromatic N) is 3. The number of benzene rings is 1. The molecule has 0 saturated carbocycles. The van der Waals surface area contributed by atoms with Crippen LogP contribution in [0, 0.1) is 0 Å². The number of furan rings is 1. The van der Waals surface area contributed by atoms with Crippen LogP contribution in [0.4, 0.5) is 5.95 Å². The summed E-state index contributed by atoms with van der Waals surface area (Å²) in [6.45, 7) is 0.608. The molecule has 1 aromatic carbocycles. The van der Waals surface area contributed by atoms with Crippen LogP contribution in [-0.2, 0) is 19.6 Å². The predicted octanol–water partition coefficient (Wildman–Crippen LogP) is 3.35. The van der Waals surface area contributed by atoms with Gasteiger partial charge in [0.15, 0.2) is 0 Å². The minimum Gasteiger partial charge on any atom is -0.467 e. The Bertz CT molecular complexity index is 1050. The predicted molar refractivity (Wildman–Crippen MR) is 97.6 cm³/mol. The lowest BCUT2D eigenvalue weighted by Crippen LogP contribution is -2.35. The highest BCUT2D eigenvalue weighted by atomic mass is 16.3. The van der Waals surface area contributed by atoms with Gasteiger partial charge in [-0.25, -0.2) is 9.97 Å². The molecule has 1 unspecified atom stereocenters. The summed E-state index contributed by atoms with van der Waals surface area (Å²) in [6.07, 6.45) is 5.89. The second-order valence-electron chi connectivity index (χ2n) is 6.49. The van der Waals surface area contributed by atoms with Crippen LogP contribution in [0.5, 0.6) is 0 Å². The number of H-pyrrole nitrogens is 1. The second-order valence-corrected chi connectivity index (χ2v) is 6.49. The molecule has 0 saturated heterocycles. The van der Waals surface area contributed by atoms with E-state index in [2.05, 4.69) is 38.1 Å². The zero-order valence-corrected chi connectivity index (χ0v) is 14.1. The van der Waals surface area contributed by atoms with Gasteiger partial charge < -0.3 is 19.4 Å². The van der Waals surface area contributed by atoms with Crippen molar-refractivity contribution in [3.8, 4) is 0 Å². The Labute approximate surface area is 150 Å². The lowest BCUT2D eigenvalue weighted by Gasteiger charge is -2.35. The largest absolute Gasteiger partial charge is 0.467 e. The average Bonchev–Trinajstić information content (AvgIpc) is 3.31. The lowest BCUT2D eigenvalue weighted by molar-refractivity contribution is 0.275. The van der Waals surface area contributed by atoms with Gasteiger partial charge in [0.25, 0.3) is 0 Å². The molecule has 0 spiro atoms. The van der Waals surface area contributed by atoms with E-state index in [0.717, 1.165) is 23.3 Å². The van der Waals surface area contributed by atoms with Crippen LogP contribution in [-0.4, -0.2) is 20.1 Å². The fraction of sp³-hybridized carbons (Fsp3) is 0.200. The SMILES string of the molecule is OCc1ccoc1C1Cc2c([nH]c3ccccc23)CN1c1ncccn1. The number of hydrogen-bond acceptors (Lipinski definition) is 5. The minimum atomic E-state index is -0.0683. The summed E-state index contributed by atoms with van der Waals surface area (Å²) in [5.41, 5.74) is 4.40. The second kappa shape index (κ2) is 6.00. The summed E-state index contributed by atoms with van der Waals surface area (Å²) < 4.78 is 5.78. The Balaban J connectivity index is 1.67. The third kappa shape index (κ3) is 2.30. The standard InChI is InChI=1S/C20H18N4O2/c25-12-13-6-9-26-19(13)18-10-15-14-4-1-2-5-16(14)23-17(15)11-24(18)20-21-7-3-8-22-20/h1-9,18,23,25H,10-12H2. The first-order valence-corrected chi connectivity index (χ1v) is 8.64. The van der Waals surface area contributed by atoms with Gasteiger partial charge >= 0.3 is 0 Å². The van der Waals surface area contributed by atoms with Gasteiger partial charge in [0, 0.05) is 41.0 Å². The molecule has 1 aliphatic heterocycles. The van der Waals surface area contributed by atoms with E-state index in [1.54, 1.807) is 18.7 Å². The van der Waals surface area contributed by atoms with E-state index in [9.17, 15) is 5.11 Å². The summed E-state index contributed by atoms with van der Waals surface area (Å²) in [4.78, 5) is 14.6. The molecule has 0 radical (unpaired) electrons. The lowest BCUT2D eigenvalue weighted by atomic mass is 9.94. The molecule has 2 N–H and O–H groups in total. The Morgan fingerprint density at radius 2 is 2.00 bits per heavy atom. The topological polar surface area (TPSA) is 78.2 Å². The van der Waals surface area contributed by atoms with Crippen molar-refractivity contribution in [1.29, 1.82) is 0 Å². The molecule has 6 heteroatoms. The highest BCUT2D eigenvalue weighted by Gasteiger charge is 2.34. The van der Waals surface area contributed by atoms with E-state index in [1.807, 2.05) is 18.2 Å². The highest BCUT2D eigenvalue weighted by Crippen LogP contribution is 2.39. The Morgan fingerprint density at radius 1 is 1.15 bits per heavy atom. The van der Waals surface area contributed by atoms with Crippen molar-refractivity contribution in [2.45, 2.75) is 25.6 Å². The molecule has 130 valence electrons. The fourth-order valence-electron chi connectivity index (χ4n) is 3.86. The Hall–Kier alpha value is -3.12. The van der Waals surface area contributed by atoms with E-state index < -0.39 is 0 Å². The van der Waals surface area contributed by atoms with E-state index >= 15 is 0 Å². The Morgan fingerprint density at radius 3 is 2.85 bits per heavy atom. The molecule has 0 fully saturated rings. The highest BCUT2D eigenvalue weighted by molar-refractivity contribution is 5.85.